The van der Waals surface area contributed by atoms with Gasteiger partial charge in [0, 0.05) is 13.3 Å². The van der Waals surface area contributed by atoms with Gasteiger partial charge in [-0.25, -0.2) is 0 Å². The van der Waals surface area contributed by atoms with E-state index in [0.29, 0.717) is 12.0 Å². The Hall–Kier alpha value is -2.15. The molecule has 1 aromatic carbocycles. The molecule has 0 bridgehead atoms. The Morgan fingerprint density at radius 2 is 1.82 bits per heavy atom. The molecule has 0 fully saturated rings. The van der Waals surface area contributed by atoms with Crippen molar-refractivity contribution in [3.63, 3.8) is 0 Å². The van der Waals surface area contributed by atoms with Crippen LogP contribution in [0.2, 0.25) is 0 Å². The summed E-state index contributed by atoms with van der Waals surface area (Å²) in [4.78, 5) is 25.4. The summed E-state index contributed by atoms with van der Waals surface area (Å²) in [6.07, 6.45) is 0.274. The molecule has 0 aromatic heterocycles. The molecule has 1 aromatic rings. The zero-order chi connectivity index (χ0) is 16.8. The standard InChI is InChI=1S/C14H16N2O5S/c1-3-21-22(19,20)12-7-4-11(5-8-12)6-9-13(18)14(16-15)10(2)17/h4-5,7-8H,3,6,9H2,1-2H3. The van der Waals surface area contributed by atoms with Gasteiger partial charge in [-0.15, -0.1) is 0 Å². The van der Waals surface area contributed by atoms with Gasteiger partial charge < -0.3 is 5.53 Å². The summed E-state index contributed by atoms with van der Waals surface area (Å²) < 4.78 is 28.0. The van der Waals surface area contributed by atoms with E-state index < -0.39 is 27.4 Å². The highest BCUT2D eigenvalue weighted by Gasteiger charge is 2.24. The summed E-state index contributed by atoms with van der Waals surface area (Å²) >= 11 is 0. The van der Waals surface area contributed by atoms with Crippen LogP contribution in [0, 0.1) is 0 Å². The SMILES string of the molecule is CCOS(=O)(=O)c1ccc(CCC(=O)C(=[N+]=[N-])C(C)=O)cc1. The second-order valence-corrected chi connectivity index (χ2v) is 6.05. The number of Topliss-reactive ketones (excluding diaryl/α,β-unsaturated/α-hetero) is 2. The summed E-state index contributed by atoms with van der Waals surface area (Å²) in [6, 6.07) is 5.89. The normalized spacial score (nSPS) is 10.8. The maximum atomic E-state index is 11.7. The Labute approximate surface area is 128 Å². The Morgan fingerprint density at radius 1 is 1.23 bits per heavy atom. The molecule has 0 aliphatic heterocycles. The van der Waals surface area contributed by atoms with Crippen molar-refractivity contribution in [1.29, 1.82) is 0 Å². The number of hydrogen-bond donors (Lipinski definition) is 0. The quantitative estimate of drug-likeness (QED) is 0.234. The molecule has 8 heteroatoms. The fourth-order valence-electron chi connectivity index (χ4n) is 1.74. The molecule has 1 rings (SSSR count). The molecule has 0 saturated heterocycles. The number of carbonyl (C=O) groups is 2. The maximum absolute atomic E-state index is 11.7. The number of ketones is 2. The van der Waals surface area contributed by atoms with Crippen LogP contribution in [0.1, 0.15) is 25.8 Å². The number of rotatable bonds is 8. The molecule has 0 heterocycles. The first-order valence-corrected chi connectivity index (χ1v) is 7.97. The van der Waals surface area contributed by atoms with Gasteiger partial charge in [-0.2, -0.15) is 13.2 Å². The van der Waals surface area contributed by atoms with Crippen LogP contribution < -0.4 is 0 Å². The van der Waals surface area contributed by atoms with E-state index >= 15 is 0 Å². The minimum absolute atomic E-state index is 0.0173. The predicted molar refractivity (Wildman–Crippen MR) is 77.9 cm³/mol. The molecule has 0 radical (unpaired) electrons. The van der Waals surface area contributed by atoms with Gasteiger partial charge in [-0.1, -0.05) is 12.1 Å². The summed E-state index contributed by atoms with van der Waals surface area (Å²) in [5.41, 5.74) is 8.83. The third kappa shape index (κ3) is 4.70. The molecule has 118 valence electrons. The van der Waals surface area contributed by atoms with E-state index in [-0.39, 0.29) is 17.9 Å². The van der Waals surface area contributed by atoms with Crippen molar-refractivity contribution in [2.45, 2.75) is 31.6 Å². The topological polar surface area (TPSA) is 114 Å². The van der Waals surface area contributed by atoms with Crippen LogP contribution in [0.4, 0.5) is 0 Å². The molecular formula is C14H16N2O5S. The Kier molecular flexibility index (Phi) is 6.30. The number of nitrogens with zero attached hydrogens (tertiary/aromatic N) is 2. The van der Waals surface area contributed by atoms with Crippen molar-refractivity contribution >= 4 is 27.4 Å². The summed E-state index contributed by atoms with van der Waals surface area (Å²) in [5, 5.41) is 0. The lowest BCUT2D eigenvalue weighted by molar-refractivity contribution is -0.123. The average Bonchev–Trinajstić information content (AvgIpc) is 2.46. The number of carbonyl (C=O) groups excluding carboxylic acids is 2. The zero-order valence-corrected chi connectivity index (χ0v) is 13.1. The highest BCUT2D eigenvalue weighted by atomic mass is 32.2. The van der Waals surface area contributed by atoms with Crippen molar-refractivity contribution in [3.8, 4) is 0 Å². The van der Waals surface area contributed by atoms with Gasteiger partial charge in [0.25, 0.3) is 10.1 Å². The number of benzene rings is 1. The van der Waals surface area contributed by atoms with E-state index in [9.17, 15) is 18.0 Å². The second-order valence-electron chi connectivity index (χ2n) is 4.43. The Morgan fingerprint density at radius 3 is 2.27 bits per heavy atom. The summed E-state index contributed by atoms with van der Waals surface area (Å²) in [5.74, 6) is -1.17. The largest absolute Gasteiger partial charge is 0.399 e. The van der Waals surface area contributed by atoms with Crippen LogP contribution in [-0.4, -0.2) is 37.1 Å². The monoisotopic (exact) mass is 324 g/mol. The predicted octanol–water partition coefficient (Wildman–Crippen LogP) is 1.17. The highest BCUT2D eigenvalue weighted by molar-refractivity contribution is 7.86. The van der Waals surface area contributed by atoms with E-state index in [2.05, 4.69) is 8.97 Å². The van der Waals surface area contributed by atoms with Gasteiger partial charge in [-0.05, 0) is 31.0 Å². The van der Waals surface area contributed by atoms with Crippen LogP contribution in [0.5, 0.6) is 0 Å². The van der Waals surface area contributed by atoms with Gasteiger partial charge in [0.2, 0.25) is 11.6 Å². The van der Waals surface area contributed by atoms with Gasteiger partial charge in [0.05, 0.1) is 11.5 Å². The summed E-state index contributed by atoms with van der Waals surface area (Å²) in [6.45, 7) is 2.76. The van der Waals surface area contributed by atoms with Crippen LogP contribution in [0.15, 0.2) is 29.2 Å². The molecule has 7 nitrogen and oxygen atoms in total. The van der Waals surface area contributed by atoms with Crippen molar-refractivity contribution in [2.75, 3.05) is 6.61 Å². The molecule has 0 saturated carbocycles. The third-order valence-corrected chi connectivity index (χ3v) is 4.22. The average molecular weight is 324 g/mol. The molecule has 0 amide bonds. The molecule has 0 N–H and O–H groups in total. The van der Waals surface area contributed by atoms with Crippen LogP contribution >= 0.6 is 0 Å². The fraction of sp³-hybridized carbons (Fsp3) is 0.357. The first kappa shape index (κ1) is 17.9. The Bertz CT molecular complexity index is 716. The van der Waals surface area contributed by atoms with Crippen molar-refractivity contribution < 1.29 is 27.0 Å². The molecule has 22 heavy (non-hydrogen) atoms. The van der Waals surface area contributed by atoms with E-state index in [0.717, 1.165) is 6.92 Å². The molecule has 0 unspecified atom stereocenters. The van der Waals surface area contributed by atoms with Crippen LogP contribution in [-0.2, 0) is 30.3 Å². The van der Waals surface area contributed by atoms with E-state index in [4.69, 9.17) is 5.53 Å². The maximum Gasteiger partial charge on any atom is 0.399 e. The van der Waals surface area contributed by atoms with Crippen molar-refractivity contribution in [2.24, 2.45) is 0 Å². The molecule has 0 spiro atoms. The molecule has 0 atom stereocenters. The molecule has 0 aliphatic carbocycles. The summed E-state index contributed by atoms with van der Waals surface area (Å²) in [7, 11) is -3.75. The number of aryl methyl sites for hydroxylation is 1. The zero-order valence-electron chi connectivity index (χ0n) is 12.3. The van der Waals surface area contributed by atoms with Crippen LogP contribution in [0.3, 0.4) is 0 Å². The van der Waals surface area contributed by atoms with Crippen molar-refractivity contribution in [3.05, 3.63) is 35.4 Å². The van der Waals surface area contributed by atoms with E-state index in [1.54, 1.807) is 19.1 Å². The van der Waals surface area contributed by atoms with Gasteiger partial charge in [0.1, 0.15) is 0 Å². The lowest BCUT2D eigenvalue weighted by atomic mass is 10.0. The molecular weight excluding hydrogens is 308 g/mol. The van der Waals surface area contributed by atoms with Gasteiger partial charge in [-0.3, -0.25) is 13.8 Å². The minimum atomic E-state index is -3.75. The van der Waals surface area contributed by atoms with Gasteiger partial charge >= 0.3 is 5.71 Å². The van der Waals surface area contributed by atoms with E-state index in [1.807, 2.05) is 0 Å². The smallest absolute Gasteiger partial charge is 0.360 e. The number of hydrogen-bond acceptors (Lipinski definition) is 5. The fourth-order valence-corrected chi connectivity index (χ4v) is 2.66. The second kappa shape index (κ2) is 7.74. The first-order chi connectivity index (χ1) is 10.3. The van der Waals surface area contributed by atoms with E-state index in [1.165, 1.54) is 12.1 Å². The lowest BCUT2D eigenvalue weighted by Gasteiger charge is -2.04. The lowest BCUT2D eigenvalue weighted by Crippen LogP contribution is -2.23. The Balaban J connectivity index is 2.76. The first-order valence-electron chi connectivity index (χ1n) is 6.56. The van der Waals surface area contributed by atoms with Gasteiger partial charge in [0.15, 0.2) is 0 Å². The molecule has 0 aliphatic rings. The minimum Gasteiger partial charge on any atom is -0.360 e. The third-order valence-electron chi connectivity index (χ3n) is 2.82. The van der Waals surface area contributed by atoms with Crippen molar-refractivity contribution in [1.82, 2.24) is 0 Å². The highest BCUT2D eigenvalue weighted by Crippen LogP contribution is 2.14. The van der Waals surface area contributed by atoms with Crippen LogP contribution in [0.25, 0.3) is 5.53 Å².